The van der Waals surface area contributed by atoms with Gasteiger partial charge in [0, 0.05) is 47.9 Å². The molecule has 10 heteroatoms. The Labute approximate surface area is 201 Å². The number of nitrogens with zero attached hydrogens (tertiary/aromatic N) is 6. The van der Waals surface area contributed by atoms with Crippen molar-refractivity contribution in [2.45, 2.75) is 23.5 Å². The monoisotopic (exact) mass is 478 g/mol. The highest BCUT2D eigenvalue weighted by molar-refractivity contribution is 7.99. The topological polar surface area (TPSA) is 97.4 Å². The molecule has 1 aliphatic heterocycles. The van der Waals surface area contributed by atoms with Crippen LogP contribution in [-0.4, -0.2) is 74.8 Å². The summed E-state index contributed by atoms with van der Waals surface area (Å²) in [4.78, 5) is 13.2. The molecule has 1 aliphatic rings. The molecule has 9 nitrogen and oxygen atoms in total. The molecule has 0 spiro atoms. The average molecular weight is 479 g/mol. The lowest BCUT2D eigenvalue weighted by Crippen LogP contribution is -2.35. The van der Waals surface area contributed by atoms with E-state index < -0.39 is 0 Å². The van der Waals surface area contributed by atoms with E-state index in [0.29, 0.717) is 5.71 Å². The fraction of sp³-hybridized carbons (Fsp3) is 0.333. The molecule has 1 saturated heterocycles. The average Bonchev–Trinajstić information content (AvgIpc) is 3.26. The number of hydrogen-bond acceptors (Lipinski definition) is 9. The van der Waals surface area contributed by atoms with Gasteiger partial charge in [-0.25, -0.2) is 0 Å². The van der Waals surface area contributed by atoms with E-state index in [2.05, 4.69) is 43.4 Å². The van der Waals surface area contributed by atoms with Crippen LogP contribution in [0.5, 0.6) is 0 Å². The van der Waals surface area contributed by atoms with Crippen molar-refractivity contribution >= 4 is 34.0 Å². The van der Waals surface area contributed by atoms with Gasteiger partial charge in [0.2, 0.25) is 0 Å². The van der Waals surface area contributed by atoms with E-state index in [0.717, 1.165) is 65.0 Å². The summed E-state index contributed by atoms with van der Waals surface area (Å²) in [5.41, 5.74) is 4.53. The Morgan fingerprint density at radius 2 is 2.06 bits per heavy atom. The minimum absolute atomic E-state index is 0.0714. The predicted octanol–water partition coefficient (Wildman–Crippen LogP) is 2.99. The Balaban J connectivity index is 1.37. The summed E-state index contributed by atoms with van der Waals surface area (Å²) < 4.78 is 7.40. The van der Waals surface area contributed by atoms with Gasteiger partial charge >= 0.3 is 0 Å². The SMILES string of the molecule is C/C(=N/OCCO)c1ccc2nnc(Sc3ccc4ncc(CN5CCOCC5)cc4c3)n2c1. The van der Waals surface area contributed by atoms with Gasteiger partial charge in [-0.1, -0.05) is 5.16 Å². The molecule has 176 valence electrons. The third-order valence-electron chi connectivity index (χ3n) is 5.60. The normalized spacial score (nSPS) is 15.3. The number of rotatable bonds is 8. The molecule has 0 amide bonds. The summed E-state index contributed by atoms with van der Waals surface area (Å²) in [7, 11) is 0. The number of aromatic nitrogens is 4. The molecule has 1 N–H and O–H groups in total. The molecule has 0 saturated carbocycles. The number of hydrogen-bond donors (Lipinski definition) is 1. The largest absolute Gasteiger partial charge is 0.393 e. The molecular weight excluding hydrogens is 452 g/mol. The minimum atomic E-state index is -0.0714. The number of aliphatic hydroxyl groups is 1. The van der Waals surface area contributed by atoms with Crippen molar-refractivity contribution in [3.63, 3.8) is 0 Å². The second kappa shape index (κ2) is 10.5. The molecule has 34 heavy (non-hydrogen) atoms. The Morgan fingerprint density at radius 3 is 2.91 bits per heavy atom. The first-order valence-corrected chi connectivity index (χ1v) is 12.0. The Kier molecular flexibility index (Phi) is 7.00. The second-order valence-electron chi connectivity index (χ2n) is 8.05. The highest BCUT2D eigenvalue weighted by Gasteiger charge is 2.13. The van der Waals surface area contributed by atoms with E-state index in [1.54, 1.807) is 11.8 Å². The maximum Gasteiger partial charge on any atom is 0.200 e. The lowest BCUT2D eigenvalue weighted by molar-refractivity contribution is 0.0341. The van der Waals surface area contributed by atoms with Crippen molar-refractivity contribution in [1.82, 2.24) is 24.5 Å². The van der Waals surface area contributed by atoms with Gasteiger partial charge in [-0.2, -0.15) is 0 Å². The number of aliphatic hydroxyl groups excluding tert-OH is 1. The van der Waals surface area contributed by atoms with Crippen LogP contribution < -0.4 is 0 Å². The first-order chi connectivity index (χ1) is 16.7. The highest BCUT2D eigenvalue weighted by atomic mass is 32.2. The van der Waals surface area contributed by atoms with Crippen LogP contribution in [0.3, 0.4) is 0 Å². The Hall–Kier alpha value is -3.05. The zero-order valence-electron chi connectivity index (χ0n) is 18.9. The first kappa shape index (κ1) is 22.7. The highest BCUT2D eigenvalue weighted by Crippen LogP contribution is 2.29. The van der Waals surface area contributed by atoms with Gasteiger partial charge in [0.1, 0.15) is 6.61 Å². The van der Waals surface area contributed by atoms with Gasteiger partial charge in [-0.3, -0.25) is 14.3 Å². The van der Waals surface area contributed by atoms with E-state index >= 15 is 0 Å². The van der Waals surface area contributed by atoms with Crippen molar-refractivity contribution in [1.29, 1.82) is 0 Å². The lowest BCUT2D eigenvalue weighted by atomic mass is 10.1. The summed E-state index contributed by atoms with van der Waals surface area (Å²) >= 11 is 1.55. The van der Waals surface area contributed by atoms with E-state index in [4.69, 9.17) is 14.7 Å². The summed E-state index contributed by atoms with van der Waals surface area (Å²) in [6.07, 6.45) is 3.91. The quantitative estimate of drug-likeness (QED) is 0.235. The van der Waals surface area contributed by atoms with Crippen LogP contribution in [0, 0.1) is 0 Å². The van der Waals surface area contributed by atoms with Crippen LogP contribution in [0.25, 0.3) is 16.6 Å². The zero-order chi connectivity index (χ0) is 23.3. The molecule has 4 heterocycles. The molecule has 0 unspecified atom stereocenters. The summed E-state index contributed by atoms with van der Waals surface area (Å²) in [6, 6.07) is 12.3. The summed E-state index contributed by atoms with van der Waals surface area (Å²) in [5.74, 6) is 0. The van der Waals surface area contributed by atoms with E-state index in [-0.39, 0.29) is 13.2 Å². The van der Waals surface area contributed by atoms with E-state index in [9.17, 15) is 0 Å². The van der Waals surface area contributed by atoms with Crippen molar-refractivity contribution in [3.05, 3.63) is 59.9 Å². The molecule has 3 aromatic heterocycles. The number of pyridine rings is 2. The smallest absolute Gasteiger partial charge is 0.200 e. The zero-order valence-corrected chi connectivity index (χ0v) is 19.7. The Bertz CT molecular complexity index is 1320. The molecule has 0 bridgehead atoms. The van der Waals surface area contributed by atoms with Crippen molar-refractivity contribution in [3.8, 4) is 0 Å². The molecule has 1 aromatic carbocycles. The Morgan fingerprint density at radius 1 is 1.18 bits per heavy atom. The maximum atomic E-state index is 8.87. The van der Waals surface area contributed by atoms with Gasteiger partial charge in [-0.05, 0) is 60.6 Å². The van der Waals surface area contributed by atoms with Gasteiger partial charge in [-0.15, -0.1) is 10.2 Å². The molecule has 0 atom stereocenters. The van der Waals surface area contributed by atoms with Crippen molar-refractivity contribution in [2.24, 2.45) is 5.16 Å². The number of oxime groups is 1. The van der Waals surface area contributed by atoms with Crippen LogP contribution in [0.4, 0.5) is 0 Å². The fourth-order valence-corrected chi connectivity index (χ4v) is 4.68. The molecule has 0 aliphatic carbocycles. The maximum absolute atomic E-state index is 8.87. The van der Waals surface area contributed by atoms with Crippen molar-refractivity contribution in [2.75, 3.05) is 39.5 Å². The van der Waals surface area contributed by atoms with Crippen LogP contribution in [0.1, 0.15) is 18.1 Å². The molecule has 4 aromatic rings. The standard InChI is InChI=1S/C24H26N6O3S/c1-17(28-33-11-8-31)19-2-5-23-26-27-24(30(23)16-19)34-21-3-4-22-20(13-21)12-18(14-25-22)15-29-6-9-32-10-7-29/h2-5,12-14,16,31H,6-11,15H2,1H3/b28-17-. The van der Waals surface area contributed by atoms with Gasteiger partial charge in [0.25, 0.3) is 0 Å². The third-order valence-corrected chi connectivity index (χ3v) is 6.55. The van der Waals surface area contributed by atoms with E-state index in [1.165, 1.54) is 5.56 Å². The van der Waals surface area contributed by atoms with Gasteiger partial charge in [0.15, 0.2) is 10.8 Å². The molecule has 0 radical (unpaired) electrons. The molecule has 1 fully saturated rings. The molecular formula is C24H26N6O3S. The van der Waals surface area contributed by atoms with E-state index in [1.807, 2.05) is 41.9 Å². The number of ether oxygens (including phenoxy) is 1. The molecule has 5 rings (SSSR count). The first-order valence-electron chi connectivity index (χ1n) is 11.2. The summed E-state index contributed by atoms with van der Waals surface area (Å²) in [5, 5.41) is 23.5. The number of benzene rings is 1. The van der Waals surface area contributed by atoms with Crippen LogP contribution in [0.15, 0.2) is 64.0 Å². The fourth-order valence-electron chi connectivity index (χ4n) is 3.82. The van der Waals surface area contributed by atoms with Gasteiger partial charge < -0.3 is 14.7 Å². The second-order valence-corrected chi connectivity index (χ2v) is 9.09. The van der Waals surface area contributed by atoms with Gasteiger partial charge in [0.05, 0.1) is 31.0 Å². The summed E-state index contributed by atoms with van der Waals surface area (Å²) in [6.45, 7) is 6.32. The third kappa shape index (κ3) is 5.20. The number of morpholine rings is 1. The van der Waals surface area contributed by atoms with Crippen LogP contribution in [0.2, 0.25) is 0 Å². The predicted molar refractivity (Wildman–Crippen MR) is 130 cm³/mol. The number of fused-ring (bicyclic) bond motifs is 2. The van der Waals surface area contributed by atoms with Crippen molar-refractivity contribution < 1.29 is 14.7 Å². The van der Waals surface area contributed by atoms with Crippen LogP contribution >= 0.6 is 11.8 Å². The lowest BCUT2D eigenvalue weighted by Gasteiger charge is -2.26. The van der Waals surface area contributed by atoms with Crippen LogP contribution in [-0.2, 0) is 16.1 Å². The minimum Gasteiger partial charge on any atom is -0.393 e.